The summed E-state index contributed by atoms with van der Waals surface area (Å²) in [5, 5.41) is 4.75. The fourth-order valence-electron chi connectivity index (χ4n) is 2.96. The average Bonchev–Trinajstić information content (AvgIpc) is 3.06. The van der Waals surface area contributed by atoms with E-state index < -0.39 is 10.0 Å². The molecule has 2 heterocycles. The van der Waals surface area contributed by atoms with Crippen LogP contribution in [0.3, 0.4) is 0 Å². The molecule has 0 atom stereocenters. The van der Waals surface area contributed by atoms with Gasteiger partial charge in [0.1, 0.15) is 0 Å². The van der Waals surface area contributed by atoms with Gasteiger partial charge in [-0.15, -0.1) is 0 Å². The van der Waals surface area contributed by atoms with Crippen LogP contribution in [0, 0.1) is 0 Å². The second kappa shape index (κ2) is 6.29. The van der Waals surface area contributed by atoms with E-state index in [1.165, 1.54) is 4.31 Å². The molecule has 128 valence electrons. The zero-order chi connectivity index (χ0) is 17.4. The lowest BCUT2D eigenvalue weighted by atomic mass is 10.0. The Morgan fingerprint density at radius 3 is 2.48 bits per heavy atom. The average molecular weight is 375 g/mol. The van der Waals surface area contributed by atoms with Crippen LogP contribution in [0.25, 0.3) is 11.3 Å². The predicted octanol–water partition coefficient (Wildman–Crippen LogP) is 3.74. The molecule has 5 nitrogen and oxygen atoms in total. The molecule has 2 aromatic carbocycles. The number of hydrogen-bond acceptors (Lipinski definition) is 4. The van der Waals surface area contributed by atoms with Crippen LogP contribution in [0.2, 0.25) is 5.02 Å². The van der Waals surface area contributed by atoms with Crippen molar-refractivity contribution in [2.75, 3.05) is 6.54 Å². The molecule has 1 aromatic heterocycles. The highest BCUT2D eigenvalue weighted by atomic mass is 35.5. The molecule has 0 aliphatic carbocycles. The predicted molar refractivity (Wildman–Crippen MR) is 94.7 cm³/mol. The summed E-state index contributed by atoms with van der Waals surface area (Å²) < 4.78 is 32.7. The summed E-state index contributed by atoms with van der Waals surface area (Å²) in [5.41, 5.74) is 2.45. The van der Waals surface area contributed by atoms with Gasteiger partial charge >= 0.3 is 0 Å². The lowest BCUT2D eigenvalue weighted by Crippen LogP contribution is -2.35. The van der Waals surface area contributed by atoms with Gasteiger partial charge in [0.05, 0.1) is 10.6 Å². The zero-order valence-corrected chi connectivity index (χ0v) is 14.8. The van der Waals surface area contributed by atoms with E-state index >= 15 is 0 Å². The Morgan fingerprint density at radius 2 is 1.76 bits per heavy atom. The smallest absolute Gasteiger partial charge is 0.243 e. The maximum Gasteiger partial charge on any atom is 0.243 e. The van der Waals surface area contributed by atoms with E-state index in [2.05, 4.69) is 5.16 Å². The fourth-order valence-corrected chi connectivity index (χ4v) is 4.52. The van der Waals surface area contributed by atoms with Gasteiger partial charge in [0, 0.05) is 35.7 Å². The molecule has 0 saturated heterocycles. The van der Waals surface area contributed by atoms with E-state index in [9.17, 15) is 8.42 Å². The van der Waals surface area contributed by atoms with Crippen LogP contribution in [-0.4, -0.2) is 24.4 Å². The number of aromatic nitrogens is 1. The molecule has 7 heteroatoms. The highest BCUT2D eigenvalue weighted by molar-refractivity contribution is 7.89. The van der Waals surface area contributed by atoms with Gasteiger partial charge in [-0.05, 0) is 36.4 Å². The molecule has 0 bridgehead atoms. The van der Waals surface area contributed by atoms with E-state index in [1.807, 2.05) is 12.1 Å². The lowest BCUT2D eigenvalue weighted by Gasteiger charge is -2.25. The Hall–Kier alpha value is -2.15. The maximum absolute atomic E-state index is 12.9. The Balaban J connectivity index is 1.70. The van der Waals surface area contributed by atoms with E-state index in [0.29, 0.717) is 28.6 Å². The quantitative estimate of drug-likeness (QED) is 0.700. The normalized spacial score (nSPS) is 15.1. The van der Waals surface area contributed by atoms with Crippen molar-refractivity contribution >= 4 is 21.6 Å². The van der Waals surface area contributed by atoms with Gasteiger partial charge in [0.15, 0.2) is 5.76 Å². The molecule has 0 fully saturated rings. The topological polar surface area (TPSA) is 63.4 Å². The SMILES string of the molecule is O=S(=O)(c1ccccc1)N1CCc2noc(-c3ccc(Cl)cc3)c2C1. The molecule has 0 amide bonds. The third-order valence-corrected chi connectivity index (χ3v) is 6.40. The third-order valence-electron chi connectivity index (χ3n) is 4.29. The van der Waals surface area contributed by atoms with Gasteiger partial charge in [0.25, 0.3) is 0 Å². The molecule has 0 unspecified atom stereocenters. The molecule has 0 N–H and O–H groups in total. The van der Waals surface area contributed by atoms with E-state index in [1.54, 1.807) is 42.5 Å². The first-order chi connectivity index (χ1) is 12.1. The van der Waals surface area contributed by atoms with Crippen LogP contribution < -0.4 is 0 Å². The Morgan fingerprint density at radius 1 is 1.04 bits per heavy atom. The first-order valence-corrected chi connectivity index (χ1v) is 9.66. The van der Waals surface area contributed by atoms with Crippen molar-refractivity contribution in [3.05, 3.63) is 70.9 Å². The minimum atomic E-state index is -3.55. The molecule has 1 aliphatic rings. The van der Waals surface area contributed by atoms with Crippen molar-refractivity contribution in [2.45, 2.75) is 17.9 Å². The van der Waals surface area contributed by atoms with Gasteiger partial charge in [-0.25, -0.2) is 8.42 Å². The summed E-state index contributed by atoms with van der Waals surface area (Å²) in [5.74, 6) is 0.597. The van der Waals surface area contributed by atoms with Crippen molar-refractivity contribution in [1.82, 2.24) is 9.46 Å². The minimum Gasteiger partial charge on any atom is -0.356 e. The van der Waals surface area contributed by atoms with Crippen molar-refractivity contribution < 1.29 is 12.9 Å². The molecular weight excluding hydrogens is 360 g/mol. The van der Waals surface area contributed by atoms with Crippen LogP contribution in [0.15, 0.2) is 64.0 Å². The Bertz CT molecular complexity index is 999. The second-order valence-corrected chi connectivity index (χ2v) is 8.22. The standard InChI is InChI=1S/C18H15ClN2O3S/c19-14-8-6-13(7-9-14)18-16-12-21(11-10-17(16)20-24-18)25(22,23)15-4-2-1-3-5-15/h1-9H,10-12H2. The minimum absolute atomic E-state index is 0.244. The number of benzene rings is 2. The highest BCUT2D eigenvalue weighted by Crippen LogP contribution is 2.33. The highest BCUT2D eigenvalue weighted by Gasteiger charge is 2.32. The van der Waals surface area contributed by atoms with Gasteiger partial charge < -0.3 is 4.52 Å². The number of sulfonamides is 1. The van der Waals surface area contributed by atoms with E-state index in [0.717, 1.165) is 16.8 Å². The molecule has 0 radical (unpaired) electrons. The summed E-state index contributed by atoms with van der Waals surface area (Å²) in [7, 11) is -3.55. The van der Waals surface area contributed by atoms with Crippen LogP contribution in [-0.2, 0) is 23.0 Å². The zero-order valence-electron chi connectivity index (χ0n) is 13.2. The Kier molecular flexibility index (Phi) is 4.11. The molecule has 1 aliphatic heterocycles. The van der Waals surface area contributed by atoms with Gasteiger partial charge in [-0.2, -0.15) is 4.31 Å². The monoisotopic (exact) mass is 374 g/mol. The maximum atomic E-state index is 12.9. The molecule has 25 heavy (non-hydrogen) atoms. The number of hydrogen-bond donors (Lipinski definition) is 0. The first kappa shape index (κ1) is 16.3. The van der Waals surface area contributed by atoms with Crippen LogP contribution >= 0.6 is 11.6 Å². The van der Waals surface area contributed by atoms with Crippen molar-refractivity contribution in [2.24, 2.45) is 0 Å². The number of fused-ring (bicyclic) bond motifs is 1. The molecular formula is C18H15ClN2O3S. The fraction of sp³-hybridized carbons (Fsp3) is 0.167. The largest absolute Gasteiger partial charge is 0.356 e. The number of nitrogens with zero attached hydrogens (tertiary/aromatic N) is 2. The molecule has 4 rings (SSSR count). The summed E-state index contributed by atoms with van der Waals surface area (Å²) in [4.78, 5) is 0.294. The molecule has 0 spiro atoms. The van der Waals surface area contributed by atoms with Crippen LogP contribution in [0.5, 0.6) is 0 Å². The third kappa shape index (κ3) is 2.97. The van der Waals surface area contributed by atoms with Gasteiger partial charge in [-0.3, -0.25) is 0 Å². The van der Waals surface area contributed by atoms with E-state index in [4.69, 9.17) is 16.1 Å². The van der Waals surface area contributed by atoms with Crippen molar-refractivity contribution in [3.63, 3.8) is 0 Å². The van der Waals surface area contributed by atoms with Crippen molar-refractivity contribution in [3.8, 4) is 11.3 Å². The summed E-state index contributed by atoms with van der Waals surface area (Å²) >= 11 is 5.93. The van der Waals surface area contributed by atoms with E-state index in [-0.39, 0.29) is 6.54 Å². The summed E-state index contributed by atoms with van der Waals surface area (Å²) in [6.07, 6.45) is 0.526. The number of rotatable bonds is 3. The number of halogens is 1. The van der Waals surface area contributed by atoms with Gasteiger partial charge in [0.2, 0.25) is 10.0 Å². The second-order valence-electron chi connectivity index (χ2n) is 5.85. The van der Waals surface area contributed by atoms with Crippen molar-refractivity contribution in [1.29, 1.82) is 0 Å². The Labute approximate surface area is 150 Å². The molecule has 3 aromatic rings. The molecule has 0 saturated carbocycles. The van der Waals surface area contributed by atoms with Crippen LogP contribution in [0.1, 0.15) is 11.3 Å². The van der Waals surface area contributed by atoms with Crippen LogP contribution in [0.4, 0.5) is 0 Å². The lowest BCUT2D eigenvalue weighted by molar-refractivity contribution is 0.386. The summed E-state index contributed by atoms with van der Waals surface area (Å²) in [6.45, 7) is 0.630. The summed E-state index contributed by atoms with van der Waals surface area (Å²) in [6, 6.07) is 15.7. The first-order valence-electron chi connectivity index (χ1n) is 7.84. The van der Waals surface area contributed by atoms with Gasteiger partial charge in [-0.1, -0.05) is 35.0 Å².